The number of carbonyl (C=O) groups is 3. The molecule has 6 atom stereocenters. The van der Waals surface area contributed by atoms with Crippen molar-refractivity contribution in [2.24, 2.45) is 11.8 Å². The second-order valence-corrected chi connectivity index (χ2v) is 12.5. The van der Waals surface area contributed by atoms with Crippen LogP contribution in [0.3, 0.4) is 0 Å². The van der Waals surface area contributed by atoms with Crippen molar-refractivity contribution in [1.82, 2.24) is 15.5 Å². The largest absolute Gasteiger partial charge is 0.396 e. The molecule has 2 bridgehead atoms. The molecular weight excluding hydrogens is 494 g/mol. The van der Waals surface area contributed by atoms with Crippen LogP contribution < -0.4 is 10.6 Å². The Morgan fingerprint density at radius 2 is 1.88 bits per heavy atom. The fraction of sp³-hybridized carbons (Fsp3) is 0.870. The summed E-state index contributed by atoms with van der Waals surface area (Å²) in [5.41, 5.74) is 0. The van der Waals surface area contributed by atoms with E-state index >= 15 is 0 Å². The minimum absolute atomic E-state index is 0.0144. The molecule has 1 spiro atoms. The van der Waals surface area contributed by atoms with Crippen LogP contribution >= 0.6 is 27.7 Å². The maximum atomic E-state index is 13.7. The van der Waals surface area contributed by atoms with Crippen LogP contribution in [0.5, 0.6) is 0 Å². The summed E-state index contributed by atoms with van der Waals surface area (Å²) < 4.78 is -0.545. The van der Waals surface area contributed by atoms with Gasteiger partial charge in [0, 0.05) is 36.3 Å². The highest BCUT2D eigenvalue weighted by Gasteiger charge is 2.75. The third-order valence-electron chi connectivity index (χ3n) is 7.85. The van der Waals surface area contributed by atoms with Crippen molar-refractivity contribution in [3.63, 3.8) is 0 Å². The van der Waals surface area contributed by atoms with Gasteiger partial charge in [-0.2, -0.15) is 0 Å². The number of nitrogens with zero attached hydrogens (tertiary/aromatic N) is 1. The molecule has 3 amide bonds. The highest BCUT2D eigenvalue weighted by atomic mass is 79.9. The van der Waals surface area contributed by atoms with Crippen LogP contribution in [0.25, 0.3) is 0 Å². The summed E-state index contributed by atoms with van der Waals surface area (Å²) in [6.45, 7) is 0.711. The average Bonchev–Trinajstić information content (AvgIpc) is 3.37. The van der Waals surface area contributed by atoms with Crippen molar-refractivity contribution in [1.29, 1.82) is 0 Å². The van der Waals surface area contributed by atoms with Crippen LogP contribution in [0.2, 0.25) is 0 Å². The number of halogens is 1. The van der Waals surface area contributed by atoms with E-state index in [-0.39, 0.29) is 40.4 Å². The number of thioether (sulfide) groups is 1. The Morgan fingerprint density at radius 1 is 1.16 bits per heavy atom. The van der Waals surface area contributed by atoms with Crippen molar-refractivity contribution in [2.75, 3.05) is 20.2 Å². The van der Waals surface area contributed by atoms with Gasteiger partial charge in [0.1, 0.15) is 6.04 Å². The summed E-state index contributed by atoms with van der Waals surface area (Å²) in [5.74, 6) is -0.999. The van der Waals surface area contributed by atoms with Crippen molar-refractivity contribution in [3.05, 3.63) is 0 Å². The van der Waals surface area contributed by atoms with Crippen molar-refractivity contribution < 1.29 is 19.5 Å². The van der Waals surface area contributed by atoms with Gasteiger partial charge in [0.25, 0.3) is 0 Å². The van der Waals surface area contributed by atoms with Crippen LogP contribution in [0.1, 0.15) is 64.2 Å². The Bertz CT molecular complexity index is 734. The maximum Gasteiger partial charge on any atom is 0.244 e. The number of alkyl halides is 1. The van der Waals surface area contributed by atoms with E-state index in [2.05, 4.69) is 26.6 Å². The summed E-state index contributed by atoms with van der Waals surface area (Å²) >= 11 is 5.47. The first-order valence-corrected chi connectivity index (χ1v) is 14.0. The van der Waals surface area contributed by atoms with Crippen LogP contribution in [-0.4, -0.2) is 74.8 Å². The molecule has 3 aliphatic heterocycles. The van der Waals surface area contributed by atoms with Gasteiger partial charge in [-0.3, -0.25) is 14.4 Å². The van der Waals surface area contributed by atoms with Crippen LogP contribution in [-0.2, 0) is 14.4 Å². The standard InChI is InChI=1S/C23H36BrN3O4S/c1-25-20(29)16-17-22(31)27(11-7-2-3-8-12-28)19(23(17)13-15(24)18(16)32-23)21(30)26-14-9-5-4-6-10-14/h14-19,28H,2-13H2,1H3,(H,25,29)(H,26,30)/t15?,16-,17+,18-,19?,23?/m1/s1. The summed E-state index contributed by atoms with van der Waals surface area (Å²) in [7, 11) is 1.63. The summed E-state index contributed by atoms with van der Waals surface area (Å²) in [4.78, 5) is 42.2. The van der Waals surface area contributed by atoms with E-state index in [0.717, 1.165) is 57.8 Å². The lowest BCUT2D eigenvalue weighted by molar-refractivity contribution is -0.140. The molecule has 3 N–H and O–H groups in total. The summed E-state index contributed by atoms with van der Waals surface area (Å²) in [6, 6.07) is -0.337. The molecule has 4 rings (SSSR count). The minimum Gasteiger partial charge on any atom is -0.396 e. The molecule has 3 unspecified atom stereocenters. The first kappa shape index (κ1) is 24.3. The molecule has 0 radical (unpaired) electrons. The number of rotatable bonds is 9. The monoisotopic (exact) mass is 529 g/mol. The molecule has 7 nitrogen and oxygen atoms in total. The zero-order chi connectivity index (χ0) is 22.9. The molecule has 0 aromatic rings. The molecule has 3 saturated heterocycles. The average molecular weight is 531 g/mol. The van der Waals surface area contributed by atoms with Crippen LogP contribution in [0.4, 0.5) is 0 Å². The van der Waals surface area contributed by atoms with Crippen molar-refractivity contribution in [3.8, 4) is 0 Å². The molecule has 0 aromatic heterocycles. The number of nitrogens with one attached hydrogen (secondary N) is 2. The van der Waals surface area contributed by atoms with Crippen LogP contribution in [0, 0.1) is 11.8 Å². The lowest BCUT2D eigenvalue weighted by atomic mass is 9.70. The number of fused-ring (bicyclic) bond motifs is 1. The third kappa shape index (κ3) is 4.22. The van der Waals surface area contributed by atoms with Crippen molar-refractivity contribution in [2.45, 2.75) is 91.1 Å². The molecule has 1 aliphatic carbocycles. The fourth-order valence-corrected chi connectivity index (χ4v) is 10.0. The summed E-state index contributed by atoms with van der Waals surface area (Å²) in [6.07, 6.45) is 9.61. The van der Waals surface area contributed by atoms with Gasteiger partial charge >= 0.3 is 0 Å². The van der Waals surface area contributed by atoms with Crippen LogP contribution in [0.15, 0.2) is 0 Å². The fourth-order valence-electron chi connectivity index (χ4n) is 6.41. The van der Waals surface area contributed by atoms with E-state index in [1.165, 1.54) is 6.42 Å². The molecule has 32 heavy (non-hydrogen) atoms. The van der Waals surface area contributed by atoms with E-state index < -0.39 is 22.6 Å². The number of aliphatic hydroxyl groups excluding tert-OH is 1. The van der Waals surface area contributed by atoms with Gasteiger partial charge in [0.15, 0.2) is 0 Å². The Morgan fingerprint density at radius 3 is 2.56 bits per heavy atom. The first-order valence-electron chi connectivity index (χ1n) is 12.2. The predicted octanol–water partition coefficient (Wildman–Crippen LogP) is 2.20. The highest BCUT2D eigenvalue weighted by Crippen LogP contribution is 2.67. The minimum atomic E-state index is -0.545. The molecule has 180 valence electrons. The second-order valence-electron chi connectivity index (χ2n) is 9.79. The highest BCUT2D eigenvalue weighted by molar-refractivity contribution is 9.09. The Balaban J connectivity index is 1.59. The number of likely N-dealkylation sites (tertiary alicyclic amines) is 1. The SMILES string of the molecule is CNC(=O)[C@H]1[C@@H]2SC3(CC2Br)C(C(=O)NC2CCCCC2)N(CCCCCCO)C(=O)[C@H]13. The topological polar surface area (TPSA) is 98.7 Å². The number of hydrogen-bond acceptors (Lipinski definition) is 5. The predicted molar refractivity (Wildman–Crippen MR) is 129 cm³/mol. The number of amides is 3. The molecular formula is C23H36BrN3O4S. The number of unbranched alkanes of at least 4 members (excludes halogenated alkanes) is 3. The van der Waals surface area contributed by atoms with E-state index in [1.54, 1.807) is 23.7 Å². The van der Waals surface area contributed by atoms with Crippen molar-refractivity contribution >= 4 is 45.4 Å². The van der Waals surface area contributed by atoms with Gasteiger partial charge in [0.2, 0.25) is 17.7 Å². The Hall–Kier alpha value is -0.800. The Labute approximate surface area is 203 Å². The van der Waals surface area contributed by atoms with Gasteiger partial charge in [-0.15, -0.1) is 11.8 Å². The normalized spacial score (nSPS) is 36.4. The smallest absolute Gasteiger partial charge is 0.244 e. The number of carbonyl (C=O) groups excluding carboxylic acids is 3. The number of aliphatic hydroxyl groups is 1. The molecule has 4 fully saturated rings. The van der Waals surface area contributed by atoms with E-state index in [1.807, 2.05) is 0 Å². The van der Waals surface area contributed by atoms with Gasteiger partial charge < -0.3 is 20.6 Å². The van der Waals surface area contributed by atoms with Gasteiger partial charge in [-0.05, 0) is 32.1 Å². The van der Waals surface area contributed by atoms with E-state index in [9.17, 15) is 14.4 Å². The lowest BCUT2D eigenvalue weighted by Crippen LogP contribution is -2.56. The molecule has 3 heterocycles. The maximum absolute atomic E-state index is 13.7. The third-order valence-corrected chi connectivity index (χ3v) is 11.1. The Kier molecular flexibility index (Phi) is 7.77. The zero-order valence-electron chi connectivity index (χ0n) is 18.9. The summed E-state index contributed by atoms with van der Waals surface area (Å²) in [5, 5.41) is 15.1. The lowest BCUT2D eigenvalue weighted by Gasteiger charge is -2.36. The van der Waals surface area contributed by atoms with E-state index in [4.69, 9.17) is 5.11 Å². The molecule has 9 heteroatoms. The van der Waals surface area contributed by atoms with Gasteiger partial charge in [-0.25, -0.2) is 0 Å². The first-order chi connectivity index (χ1) is 15.4. The zero-order valence-corrected chi connectivity index (χ0v) is 21.3. The number of hydrogen-bond donors (Lipinski definition) is 3. The molecule has 1 saturated carbocycles. The quantitative estimate of drug-likeness (QED) is 0.314. The molecule has 0 aromatic carbocycles. The molecule has 4 aliphatic rings. The van der Waals surface area contributed by atoms with E-state index in [0.29, 0.717) is 6.54 Å². The van der Waals surface area contributed by atoms with Gasteiger partial charge in [-0.1, -0.05) is 48.0 Å². The van der Waals surface area contributed by atoms with Gasteiger partial charge in [0.05, 0.1) is 16.6 Å². The second kappa shape index (κ2) is 10.2.